The first-order chi connectivity index (χ1) is 13.8. The Bertz CT molecular complexity index is 867. The summed E-state index contributed by atoms with van der Waals surface area (Å²) in [5.74, 6) is 0.995. The molecule has 0 aromatic heterocycles. The Morgan fingerprint density at radius 2 is 1.76 bits per heavy atom. The van der Waals surface area contributed by atoms with Gasteiger partial charge in [-0.05, 0) is 62.2 Å². The molecule has 2 rings (SSSR count). The van der Waals surface area contributed by atoms with Crippen LogP contribution in [0.25, 0.3) is 0 Å². The van der Waals surface area contributed by atoms with Crippen LogP contribution in [0.1, 0.15) is 16.7 Å². The molecule has 0 bridgehead atoms. The Morgan fingerprint density at radius 3 is 2.45 bits per heavy atom. The van der Waals surface area contributed by atoms with E-state index in [1.165, 1.54) is 0 Å². The van der Waals surface area contributed by atoms with Crippen LogP contribution < -0.4 is 20.1 Å². The van der Waals surface area contributed by atoms with E-state index in [1.807, 2.05) is 62.2 Å². The van der Waals surface area contributed by atoms with Crippen LogP contribution in [0.4, 0.5) is 10.5 Å². The summed E-state index contributed by atoms with van der Waals surface area (Å²) in [6, 6.07) is 10.9. The number of nitrogens with one attached hydrogen (secondary N) is 2. The molecule has 0 aliphatic carbocycles. The van der Waals surface area contributed by atoms with Gasteiger partial charge in [0, 0.05) is 12.2 Å². The third kappa shape index (κ3) is 6.50. The predicted octanol–water partition coefficient (Wildman–Crippen LogP) is 3.14. The van der Waals surface area contributed by atoms with E-state index in [0.717, 1.165) is 23.1 Å². The lowest BCUT2D eigenvalue weighted by atomic mass is 10.1. The fourth-order valence-corrected chi connectivity index (χ4v) is 2.89. The van der Waals surface area contributed by atoms with E-state index in [2.05, 4.69) is 10.6 Å². The predicted molar refractivity (Wildman–Crippen MR) is 114 cm³/mol. The first-order valence-corrected chi connectivity index (χ1v) is 9.40. The Balaban J connectivity index is 1.81. The molecule has 0 spiro atoms. The summed E-state index contributed by atoms with van der Waals surface area (Å²) in [7, 11) is 5.03. The Labute approximate surface area is 172 Å². The summed E-state index contributed by atoms with van der Waals surface area (Å²) >= 11 is 0. The number of ether oxygens (including phenoxy) is 2. The molecule has 156 valence electrons. The van der Waals surface area contributed by atoms with E-state index in [4.69, 9.17) is 9.47 Å². The van der Waals surface area contributed by atoms with Crippen molar-refractivity contribution in [2.75, 3.05) is 39.7 Å². The lowest BCUT2D eigenvalue weighted by Gasteiger charge is -2.17. The van der Waals surface area contributed by atoms with Crippen molar-refractivity contribution in [3.05, 3.63) is 53.1 Å². The molecule has 0 aliphatic heterocycles. The van der Waals surface area contributed by atoms with Crippen LogP contribution in [0.2, 0.25) is 0 Å². The average Bonchev–Trinajstić information content (AvgIpc) is 2.69. The van der Waals surface area contributed by atoms with Crippen molar-refractivity contribution >= 4 is 17.6 Å². The van der Waals surface area contributed by atoms with E-state index in [1.54, 1.807) is 14.2 Å². The number of carbonyl (C=O) groups is 2. The van der Waals surface area contributed by atoms with Gasteiger partial charge in [0.15, 0.2) is 11.5 Å². The largest absolute Gasteiger partial charge is 0.493 e. The maximum atomic E-state index is 12.2. The zero-order chi connectivity index (χ0) is 21.4. The van der Waals surface area contributed by atoms with E-state index >= 15 is 0 Å². The van der Waals surface area contributed by atoms with Gasteiger partial charge in [-0.1, -0.05) is 18.2 Å². The van der Waals surface area contributed by atoms with Crippen molar-refractivity contribution in [2.24, 2.45) is 0 Å². The Hall–Kier alpha value is -3.06. The van der Waals surface area contributed by atoms with Crippen molar-refractivity contribution in [3.8, 4) is 11.5 Å². The topological polar surface area (TPSA) is 79.9 Å². The Morgan fingerprint density at radius 1 is 1.03 bits per heavy atom. The highest BCUT2D eigenvalue weighted by Gasteiger charge is 2.12. The first kappa shape index (κ1) is 22.2. The van der Waals surface area contributed by atoms with Crippen LogP contribution in [0, 0.1) is 13.8 Å². The minimum atomic E-state index is -0.531. The number of likely N-dealkylation sites (N-methyl/N-ethyl adjacent to an activating group) is 1. The van der Waals surface area contributed by atoms with Crippen LogP contribution in [-0.4, -0.2) is 51.2 Å². The molecule has 3 amide bonds. The van der Waals surface area contributed by atoms with Crippen LogP contribution in [0.15, 0.2) is 36.4 Å². The number of benzene rings is 2. The number of aryl methyl sites for hydroxylation is 1. The van der Waals surface area contributed by atoms with Gasteiger partial charge in [0.2, 0.25) is 5.91 Å². The van der Waals surface area contributed by atoms with E-state index < -0.39 is 6.03 Å². The van der Waals surface area contributed by atoms with E-state index in [-0.39, 0.29) is 12.5 Å². The van der Waals surface area contributed by atoms with Crippen molar-refractivity contribution in [2.45, 2.75) is 20.3 Å². The first-order valence-electron chi connectivity index (χ1n) is 9.40. The van der Waals surface area contributed by atoms with Crippen LogP contribution in [-0.2, 0) is 11.2 Å². The van der Waals surface area contributed by atoms with Gasteiger partial charge in [0.05, 0.1) is 20.8 Å². The molecule has 0 aliphatic rings. The zero-order valence-corrected chi connectivity index (χ0v) is 17.7. The molecule has 0 heterocycles. The molecule has 0 fully saturated rings. The second-order valence-electron chi connectivity index (χ2n) is 6.93. The highest BCUT2D eigenvalue weighted by atomic mass is 16.5. The highest BCUT2D eigenvalue weighted by Crippen LogP contribution is 2.27. The number of carbonyl (C=O) groups excluding carboxylic acids is 2. The fraction of sp³-hybridized carbons (Fsp3) is 0.364. The second-order valence-corrected chi connectivity index (χ2v) is 6.93. The number of anilines is 1. The summed E-state index contributed by atoms with van der Waals surface area (Å²) in [6.45, 7) is 4.67. The number of hydrogen-bond acceptors (Lipinski definition) is 5. The minimum Gasteiger partial charge on any atom is -0.493 e. The van der Waals surface area contributed by atoms with Gasteiger partial charge >= 0.3 is 6.03 Å². The third-order valence-electron chi connectivity index (χ3n) is 4.75. The van der Waals surface area contributed by atoms with Gasteiger partial charge in [-0.3, -0.25) is 15.0 Å². The number of hydrogen-bond donors (Lipinski definition) is 2. The lowest BCUT2D eigenvalue weighted by Crippen LogP contribution is -2.41. The quantitative estimate of drug-likeness (QED) is 0.713. The second kappa shape index (κ2) is 10.5. The molecule has 29 heavy (non-hydrogen) atoms. The number of amides is 3. The van der Waals surface area contributed by atoms with Crippen LogP contribution in [0.5, 0.6) is 11.5 Å². The molecule has 7 heteroatoms. The SMILES string of the molecule is COc1ccc(CCN(C)CC(=O)NC(=O)Nc2cccc(C)c2C)cc1OC. The average molecular weight is 399 g/mol. The van der Waals surface area contributed by atoms with Crippen molar-refractivity contribution < 1.29 is 19.1 Å². The van der Waals surface area contributed by atoms with Crippen LogP contribution in [0.3, 0.4) is 0 Å². The molecule has 0 unspecified atom stereocenters. The van der Waals surface area contributed by atoms with Gasteiger partial charge in [-0.25, -0.2) is 4.79 Å². The molecular formula is C22H29N3O4. The number of urea groups is 1. The zero-order valence-electron chi connectivity index (χ0n) is 17.7. The summed E-state index contributed by atoms with van der Waals surface area (Å²) in [5, 5.41) is 5.09. The summed E-state index contributed by atoms with van der Waals surface area (Å²) < 4.78 is 10.5. The maximum absolute atomic E-state index is 12.2. The molecule has 7 nitrogen and oxygen atoms in total. The molecule has 2 N–H and O–H groups in total. The van der Waals surface area contributed by atoms with Crippen LogP contribution >= 0.6 is 0 Å². The van der Waals surface area contributed by atoms with E-state index in [0.29, 0.717) is 23.7 Å². The third-order valence-corrected chi connectivity index (χ3v) is 4.75. The summed E-state index contributed by atoms with van der Waals surface area (Å²) in [4.78, 5) is 26.1. The van der Waals surface area contributed by atoms with Crippen molar-refractivity contribution in [3.63, 3.8) is 0 Å². The minimum absolute atomic E-state index is 0.119. The molecular weight excluding hydrogens is 370 g/mol. The molecule has 0 saturated heterocycles. The molecule has 0 atom stereocenters. The number of rotatable bonds is 8. The summed E-state index contributed by atoms with van der Waals surface area (Å²) in [5.41, 5.74) is 3.81. The lowest BCUT2D eigenvalue weighted by molar-refractivity contribution is -0.120. The normalized spacial score (nSPS) is 10.6. The van der Waals surface area contributed by atoms with Gasteiger partial charge in [-0.15, -0.1) is 0 Å². The Kier molecular flexibility index (Phi) is 8.03. The molecule has 2 aromatic rings. The number of methoxy groups -OCH3 is 2. The standard InChI is InChI=1S/C22H29N3O4/c1-15-7-6-8-18(16(15)2)23-22(27)24-21(26)14-25(3)12-11-17-9-10-19(28-4)20(13-17)29-5/h6-10,13H,11-12,14H2,1-5H3,(H2,23,24,26,27). The van der Waals surface area contributed by atoms with Gasteiger partial charge in [-0.2, -0.15) is 0 Å². The van der Waals surface area contributed by atoms with Crippen molar-refractivity contribution in [1.82, 2.24) is 10.2 Å². The molecule has 0 radical (unpaired) electrons. The van der Waals surface area contributed by atoms with Gasteiger partial charge in [0.1, 0.15) is 0 Å². The fourth-order valence-electron chi connectivity index (χ4n) is 2.89. The van der Waals surface area contributed by atoms with Crippen molar-refractivity contribution in [1.29, 1.82) is 0 Å². The van der Waals surface area contributed by atoms with E-state index in [9.17, 15) is 9.59 Å². The van der Waals surface area contributed by atoms with Gasteiger partial charge < -0.3 is 14.8 Å². The molecule has 0 saturated carbocycles. The number of imide groups is 1. The van der Waals surface area contributed by atoms with Gasteiger partial charge in [0.25, 0.3) is 0 Å². The molecule has 2 aromatic carbocycles. The number of nitrogens with zero attached hydrogens (tertiary/aromatic N) is 1. The monoisotopic (exact) mass is 399 g/mol. The highest BCUT2D eigenvalue weighted by molar-refractivity contribution is 6.02. The smallest absolute Gasteiger partial charge is 0.325 e. The summed E-state index contributed by atoms with van der Waals surface area (Å²) in [6.07, 6.45) is 0.735. The maximum Gasteiger partial charge on any atom is 0.325 e.